The Labute approximate surface area is 205 Å². The van der Waals surface area contributed by atoms with E-state index >= 15 is 0 Å². The van der Waals surface area contributed by atoms with E-state index in [1.165, 1.54) is 0 Å². The molecule has 0 radical (unpaired) electrons. The Bertz CT molecular complexity index is 1060. The van der Waals surface area contributed by atoms with Crippen molar-refractivity contribution in [2.75, 3.05) is 45.2 Å². The molecule has 35 heavy (non-hydrogen) atoms. The summed E-state index contributed by atoms with van der Waals surface area (Å²) in [6.45, 7) is 3.03. The number of ether oxygens (including phenoxy) is 2. The fourth-order valence-electron chi connectivity index (χ4n) is 5.24. The maximum absolute atomic E-state index is 12.9. The number of aromatic nitrogens is 1. The number of nitrogens with one attached hydrogen (secondary N) is 1. The van der Waals surface area contributed by atoms with Gasteiger partial charge in [-0.2, -0.15) is 0 Å². The van der Waals surface area contributed by atoms with Crippen LogP contribution in [0.5, 0.6) is 5.75 Å². The number of amides is 2. The van der Waals surface area contributed by atoms with Crippen molar-refractivity contribution in [3.63, 3.8) is 0 Å². The molecule has 0 unspecified atom stereocenters. The zero-order chi connectivity index (χ0) is 24.4. The third kappa shape index (κ3) is 5.32. The van der Waals surface area contributed by atoms with E-state index in [0.717, 1.165) is 43.1 Å². The first-order valence-electron chi connectivity index (χ1n) is 12.2. The number of piperazine rings is 1. The van der Waals surface area contributed by atoms with Crippen LogP contribution in [0.4, 0.5) is 5.69 Å². The molecule has 4 heterocycles. The summed E-state index contributed by atoms with van der Waals surface area (Å²) in [6.07, 6.45) is 3.41. The molecule has 1 aromatic carbocycles. The van der Waals surface area contributed by atoms with Gasteiger partial charge in [-0.15, -0.1) is 0 Å². The van der Waals surface area contributed by atoms with Crippen LogP contribution in [-0.4, -0.2) is 89.9 Å². The fraction of sp³-hybridized carbons (Fsp3) is 0.500. The molecule has 5 rings (SSSR count). The quantitative estimate of drug-likeness (QED) is 0.645. The largest absolute Gasteiger partial charge is 0.487 e. The summed E-state index contributed by atoms with van der Waals surface area (Å²) in [4.78, 5) is 33.6. The number of pyridine rings is 1. The van der Waals surface area contributed by atoms with E-state index in [1.807, 2.05) is 35.2 Å². The average Bonchev–Trinajstić information content (AvgIpc) is 3.22. The molecule has 186 valence electrons. The Morgan fingerprint density at radius 2 is 1.91 bits per heavy atom. The molecule has 9 heteroatoms. The molecule has 3 aliphatic heterocycles. The first kappa shape index (κ1) is 23.7. The molecule has 0 bridgehead atoms. The standard InChI is InChI=1S/C26H32N4O5/c1-29-8-10-30(11-9-29)25(33)15-19-14-21-20-13-18(28-24(32)12-17-4-6-27-7-5-17)2-3-22(20)35-26(21)23(16-31)34-19/h2-7,13,19,21,23,26,31H,8-12,14-16H2,1H3,(H,28,32)/t19-,21+,23+,26-/m0/s1. The maximum Gasteiger partial charge on any atom is 0.228 e. The lowest BCUT2D eigenvalue weighted by Gasteiger charge is -2.38. The van der Waals surface area contributed by atoms with Crippen LogP contribution in [-0.2, 0) is 20.7 Å². The summed E-state index contributed by atoms with van der Waals surface area (Å²) in [5.41, 5.74) is 2.57. The van der Waals surface area contributed by atoms with Crippen molar-refractivity contribution in [1.82, 2.24) is 14.8 Å². The van der Waals surface area contributed by atoms with E-state index in [9.17, 15) is 14.7 Å². The minimum Gasteiger partial charge on any atom is -0.487 e. The van der Waals surface area contributed by atoms with Crippen molar-refractivity contribution in [1.29, 1.82) is 0 Å². The first-order valence-corrected chi connectivity index (χ1v) is 12.2. The molecule has 2 fully saturated rings. The minimum absolute atomic E-state index is 0.0155. The highest BCUT2D eigenvalue weighted by Gasteiger charge is 2.46. The molecular weight excluding hydrogens is 448 g/mol. The Kier molecular flexibility index (Phi) is 6.99. The second-order valence-corrected chi connectivity index (χ2v) is 9.62. The van der Waals surface area contributed by atoms with E-state index in [4.69, 9.17) is 9.47 Å². The van der Waals surface area contributed by atoms with E-state index in [2.05, 4.69) is 22.2 Å². The molecule has 2 amide bonds. The predicted octanol–water partition coefficient (Wildman–Crippen LogP) is 1.42. The lowest BCUT2D eigenvalue weighted by atomic mass is 9.84. The van der Waals surface area contributed by atoms with Gasteiger partial charge >= 0.3 is 0 Å². The van der Waals surface area contributed by atoms with E-state index in [-0.39, 0.29) is 43.0 Å². The molecule has 2 saturated heterocycles. The number of anilines is 1. The fourth-order valence-corrected chi connectivity index (χ4v) is 5.24. The zero-order valence-corrected chi connectivity index (χ0v) is 19.9. The van der Waals surface area contributed by atoms with Gasteiger partial charge in [-0.25, -0.2) is 0 Å². The molecular formula is C26H32N4O5. The SMILES string of the molecule is CN1CCN(C(=O)C[C@@H]2C[C@@H]3c4cc(NC(=O)Cc5ccncc5)ccc4O[C@@H]3[C@@H](CO)O2)CC1. The van der Waals surface area contributed by atoms with Gasteiger partial charge in [0.15, 0.2) is 0 Å². The van der Waals surface area contributed by atoms with Gasteiger partial charge in [-0.1, -0.05) is 0 Å². The smallest absolute Gasteiger partial charge is 0.228 e. The van der Waals surface area contributed by atoms with Crippen molar-refractivity contribution in [2.24, 2.45) is 0 Å². The first-order chi connectivity index (χ1) is 17.0. The normalized spacial score (nSPS) is 25.9. The van der Waals surface area contributed by atoms with Gasteiger partial charge in [0, 0.05) is 55.7 Å². The van der Waals surface area contributed by atoms with E-state index in [1.54, 1.807) is 12.4 Å². The molecule has 4 atom stereocenters. The maximum atomic E-state index is 12.9. The predicted molar refractivity (Wildman–Crippen MR) is 129 cm³/mol. The number of hydrogen-bond acceptors (Lipinski definition) is 7. The summed E-state index contributed by atoms with van der Waals surface area (Å²) in [5, 5.41) is 13.0. The van der Waals surface area contributed by atoms with Crippen LogP contribution in [0.3, 0.4) is 0 Å². The summed E-state index contributed by atoms with van der Waals surface area (Å²) in [5.74, 6) is 0.704. The topological polar surface area (TPSA) is 104 Å². The van der Waals surface area contributed by atoms with Crippen molar-refractivity contribution >= 4 is 17.5 Å². The van der Waals surface area contributed by atoms with Crippen molar-refractivity contribution in [3.05, 3.63) is 53.9 Å². The molecule has 9 nitrogen and oxygen atoms in total. The number of aliphatic hydroxyl groups excluding tert-OH is 1. The van der Waals surface area contributed by atoms with Gasteiger partial charge < -0.3 is 29.7 Å². The molecule has 0 saturated carbocycles. The number of rotatable bonds is 6. The van der Waals surface area contributed by atoms with Gasteiger partial charge in [-0.05, 0) is 49.4 Å². The van der Waals surface area contributed by atoms with Crippen molar-refractivity contribution < 1.29 is 24.2 Å². The Morgan fingerprint density at radius 3 is 2.66 bits per heavy atom. The van der Waals surface area contributed by atoms with Crippen LogP contribution >= 0.6 is 0 Å². The Morgan fingerprint density at radius 1 is 1.14 bits per heavy atom. The van der Waals surface area contributed by atoms with Gasteiger partial charge in [0.1, 0.15) is 18.0 Å². The van der Waals surface area contributed by atoms with E-state index < -0.39 is 6.10 Å². The van der Waals surface area contributed by atoms with Crippen LogP contribution in [0.2, 0.25) is 0 Å². The lowest BCUT2D eigenvalue weighted by molar-refractivity contribution is -0.150. The third-order valence-electron chi connectivity index (χ3n) is 7.16. The summed E-state index contributed by atoms with van der Waals surface area (Å²) >= 11 is 0. The Hall–Kier alpha value is -3.01. The summed E-state index contributed by atoms with van der Waals surface area (Å²) in [7, 11) is 2.06. The highest BCUT2D eigenvalue weighted by atomic mass is 16.6. The van der Waals surface area contributed by atoms with Gasteiger partial charge in [0.2, 0.25) is 11.8 Å². The molecule has 3 aliphatic rings. The molecule has 0 spiro atoms. The average molecular weight is 481 g/mol. The second kappa shape index (κ2) is 10.3. The number of fused-ring (bicyclic) bond motifs is 3. The zero-order valence-electron chi connectivity index (χ0n) is 19.9. The van der Waals surface area contributed by atoms with Gasteiger partial charge in [0.25, 0.3) is 0 Å². The lowest BCUT2D eigenvalue weighted by Crippen LogP contribution is -2.50. The molecule has 1 aromatic heterocycles. The number of hydrogen-bond donors (Lipinski definition) is 2. The number of nitrogens with zero attached hydrogens (tertiary/aromatic N) is 3. The van der Waals surface area contributed by atoms with Crippen LogP contribution in [0.15, 0.2) is 42.7 Å². The highest BCUT2D eigenvalue weighted by molar-refractivity contribution is 5.92. The summed E-state index contributed by atoms with van der Waals surface area (Å²) in [6, 6.07) is 9.27. The van der Waals surface area contributed by atoms with E-state index in [0.29, 0.717) is 18.5 Å². The van der Waals surface area contributed by atoms with Crippen LogP contribution in [0.1, 0.15) is 29.9 Å². The molecule has 0 aliphatic carbocycles. The highest BCUT2D eigenvalue weighted by Crippen LogP contribution is 2.47. The van der Waals surface area contributed by atoms with Crippen LogP contribution < -0.4 is 10.1 Å². The molecule has 2 aromatic rings. The third-order valence-corrected chi connectivity index (χ3v) is 7.16. The number of benzene rings is 1. The van der Waals surface area contributed by atoms with Gasteiger partial charge in [0.05, 0.1) is 25.6 Å². The van der Waals surface area contributed by atoms with Gasteiger partial charge in [-0.3, -0.25) is 14.6 Å². The number of likely N-dealkylation sites (N-methyl/N-ethyl adjacent to an activating group) is 1. The second-order valence-electron chi connectivity index (χ2n) is 9.62. The van der Waals surface area contributed by atoms with Crippen LogP contribution in [0, 0.1) is 0 Å². The Balaban J connectivity index is 1.26. The minimum atomic E-state index is -0.504. The molecule has 2 N–H and O–H groups in total. The van der Waals surface area contributed by atoms with Crippen molar-refractivity contribution in [2.45, 2.75) is 43.5 Å². The van der Waals surface area contributed by atoms with Crippen LogP contribution in [0.25, 0.3) is 0 Å². The summed E-state index contributed by atoms with van der Waals surface area (Å²) < 4.78 is 12.3. The number of carbonyl (C=O) groups is 2. The van der Waals surface area contributed by atoms with Crippen molar-refractivity contribution in [3.8, 4) is 5.75 Å². The monoisotopic (exact) mass is 480 g/mol. The number of aliphatic hydroxyl groups is 1. The number of carbonyl (C=O) groups excluding carboxylic acids is 2.